The Morgan fingerprint density at radius 3 is 1.84 bits per heavy atom. The Kier molecular flexibility index (Phi) is 6.49. The minimum absolute atomic E-state index is 0.120. The van der Waals surface area contributed by atoms with Crippen molar-refractivity contribution in [3.8, 4) is 5.75 Å². The standard InChI is InChI=1S/C21H35IO3/c1-9-14(2)15-12-24-22(25-13-15)16-10-17(20(3,4)5)19(23)18(11-16)21(6,7)8/h10-11,14-15,23H,9,12-13H2,1-8H3. The molecule has 1 unspecified atom stereocenters. The first kappa shape index (κ1) is 21.0. The first-order valence-electron chi connectivity index (χ1n) is 9.30. The molecule has 1 aliphatic heterocycles. The summed E-state index contributed by atoms with van der Waals surface area (Å²) in [7, 11) is 0. The van der Waals surface area contributed by atoms with Crippen LogP contribution in [0.5, 0.6) is 5.75 Å². The van der Waals surface area contributed by atoms with Crippen LogP contribution in [-0.4, -0.2) is 18.3 Å². The first-order chi connectivity index (χ1) is 11.4. The predicted octanol–water partition coefficient (Wildman–Crippen LogP) is 6.20. The Balaban J connectivity index is 2.36. The van der Waals surface area contributed by atoms with E-state index in [4.69, 9.17) is 6.13 Å². The molecule has 25 heavy (non-hydrogen) atoms. The molecule has 1 aromatic carbocycles. The molecule has 1 atom stereocenters. The van der Waals surface area contributed by atoms with E-state index in [0.29, 0.717) is 17.6 Å². The molecule has 1 aliphatic rings. The number of hydrogen-bond acceptors (Lipinski definition) is 3. The van der Waals surface area contributed by atoms with Gasteiger partial charge in [0.1, 0.15) is 0 Å². The van der Waals surface area contributed by atoms with Crippen molar-refractivity contribution in [2.75, 3.05) is 13.2 Å². The van der Waals surface area contributed by atoms with Crippen LogP contribution in [0.1, 0.15) is 72.9 Å². The second-order valence-electron chi connectivity index (χ2n) is 9.26. The summed E-state index contributed by atoms with van der Waals surface area (Å²) in [6.07, 6.45) is 1.16. The van der Waals surface area contributed by atoms with Gasteiger partial charge in [-0.2, -0.15) is 0 Å². The summed E-state index contributed by atoms with van der Waals surface area (Å²) in [5.41, 5.74) is 1.74. The van der Waals surface area contributed by atoms with Gasteiger partial charge in [0.2, 0.25) is 0 Å². The summed E-state index contributed by atoms with van der Waals surface area (Å²) in [5, 5.41) is 10.9. The van der Waals surface area contributed by atoms with Crippen LogP contribution >= 0.6 is 20.6 Å². The van der Waals surface area contributed by atoms with Gasteiger partial charge in [-0.3, -0.25) is 0 Å². The summed E-state index contributed by atoms with van der Waals surface area (Å²) in [6.45, 7) is 19.0. The zero-order chi connectivity index (χ0) is 19.0. The molecule has 1 N–H and O–H groups in total. The minimum atomic E-state index is -2.11. The van der Waals surface area contributed by atoms with Crippen molar-refractivity contribution in [1.82, 2.24) is 0 Å². The molecule has 0 aromatic heterocycles. The molecule has 3 nitrogen and oxygen atoms in total. The Bertz CT molecular complexity index is 555. The van der Waals surface area contributed by atoms with Crippen molar-refractivity contribution in [1.29, 1.82) is 0 Å². The predicted molar refractivity (Wildman–Crippen MR) is 113 cm³/mol. The molecule has 0 saturated carbocycles. The molecular weight excluding hydrogens is 427 g/mol. The quantitative estimate of drug-likeness (QED) is 0.544. The average Bonchev–Trinajstić information content (AvgIpc) is 2.52. The van der Waals surface area contributed by atoms with E-state index in [-0.39, 0.29) is 10.8 Å². The van der Waals surface area contributed by atoms with Gasteiger partial charge >= 0.3 is 162 Å². The van der Waals surface area contributed by atoms with E-state index >= 15 is 0 Å². The van der Waals surface area contributed by atoms with Gasteiger partial charge in [0, 0.05) is 0 Å². The van der Waals surface area contributed by atoms with Crippen molar-refractivity contribution < 1.29 is 11.2 Å². The maximum atomic E-state index is 10.9. The molecule has 0 bridgehead atoms. The van der Waals surface area contributed by atoms with Crippen LogP contribution in [0.2, 0.25) is 0 Å². The van der Waals surface area contributed by atoms with E-state index in [1.165, 1.54) is 3.57 Å². The van der Waals surface area contributed by atoms with Crippen LogP contribution < -0.4 is 0 Å². The third kappa shape index (κ3) is 4.89. The second-order valence-corrected chi connectivity index (χ2v) is 13.0. The summed E-state index contributed by atoms with van der Waals surface area (Å²) in [4.78, 5) is 0. The molecule has 0 radical (unpaired) electrons. The van der Waals surface area contributed by atoms with E-state index in [1.54, 1.807) is 0 Å². The maximum absolute atomic E-state index is 10.9. The Morgan fingerprint density at radius 1 is 1.04 bits per heavy atom. The van der Waals surface area contributed by atoms with Crippen LogP contribution in [0.4, 0.5) is 0 Å². The van der Waals surface area contributed by atoms with Crippen LogP contribution in [0.25, 0.3) is 0 Å². The van der Waals surface area contributed by atoms with Crippen molar-refractivity contribution in [3.63, 3.8) is 0 Å². The van der Waals surface area contributed by atoms with Crippen LogP contribution in [0, 0.1) is 15.4 Å². The van der Waals surface area contributed by atoms with Crippen LogP contribution in [-0.2, 0) is 17.0 Å². The van der Waals surface area contributed by atoms with Gasteiger partial charge in [-0.05, 0) is 0 Å². The fourth-order valence-electron chi connectivity index (χ4n) is 2.98. The third-order valence-electron chi connectivity index (χ3n) is 5.07. The molecule has 1 aromatic rings. The summed E-state index contributed by atoms with van der Waals surface area (Å²) in [6, 6.07) is 4.25. The van der Waals surface area contributed by atoms with Crippen molar-refractivity contribution in [2.24, 2.45) is 11.8 Å². The molecule has 0 aliphatic carbocycles. The number of benzene rings is 1. The van der Waals surface area contributed by atoms with Crippen molar-refractivity contribution in [3.05, 3.63) is 26.8 Å². The van der Waals surface area contributed by atoms with E-state index < -0.39 is 20.6 Å². The number of aromatic hydroxyl groups is 1. The first-order valence-corrected chi connectivity index (χ1v) is 12.1. The summed E-state index contributed by atoms with van der Waals surface area (Å²) in [5.74, 6) is 1.56. The van der Waals surface area contributed by atoms with Gasteiger partial charge in [0.25, 0.3) is 0 Å². The summed E-state index contributed by atoms with van der Waals surface area (Å²) < 4.78 is 13.6. The van der Waals surface area contributed by atoms with Crippen molar-refractivity contribution >= 4 is 20.6 Å². The number of rotatable bonds is 3. The molecule has 1 heterocycles. The van der Waals surface area contributed by atoms with Gasteiger partial charge in [-0.15, -0.1) is 0 Å². The monoisotopic (exact) mass is 462 g/mol. The van der Waals surface area contributed by atoms with E-state index in [9.17, 15) is 5.11 Å². The molecule has 1 saturated heterocycles. The van der Waals surface area contributed by atoms with Gasteiger partial charge in [0.15, 0.2) is 0 Å². The molecule has 1 fully saturated rings. The van der Waals surface area contributed by atoms with Gasteiger partial charge in [-0.25, -0.2) is 0 Å². The van der Waals surface area contributed by atoms with Gasteiger partial charge < -0.3 is 0 Å². The van der Waals surface area contributed by atoms with Crippen LogP contribution in [0.3, 0.4) is 0 Å². The van der Waals surface area contributed by atoms with Crippen LogP contribution in [0.15, 0.2) is 12.1 Å². The number of phenolic OH excluding ortho intramolecular Hbond substituents is 1. The third-order valence-corrected chi connectivity index (χ3v) is 8.56. The fourth-order valence-corrected chi connectivity index (χ4v) is 6.58. The van der Waals surface area contributed by atoms with E-state index in [0.717, 1.165) is 30.8 Å². The molecule has 0 spiro atoms. The number of hydrogen-bond donors (Lipinski definition) is 1. The SMILES string of the molecule is CCC(C)C1COI(c2cc(C(C)(C)C)c(O)c(C(C)(C)C)c2)OC1. The number of phenols is 1. The Morgan fingerprint density at radius 2 is 1.48 bits per heavy atom. The zero-order valence-corrected chi connectivity index (χ0v) is 19.2. The molecule has 0 amide bonds. The Labute approximate surface area is 162 Å². The molecular formula is C21H35IO3. The zero-order valence-electron chi connectivity index (χ0n) is 17.1. The average molecular weight is 462 g/mol. The summed E-state index contributed by atoms with van der Waals surface area (Å²) >= 11 is -2.11. The van der Waals surface area contributed by atoms with Crippen molar-refractivity contribution in [2.45, 2.75) is 72.6 Å². The Hall–Kier alpha value is -0.330. The van der Waals surface area contributed by atoms with E-state index in [2.05, 4.69) is 67.5 Å². The fraction of sp³-hybridized carbons (Fsp3) is 0.714. The topological polar surface area (TPSA) is 38.7 Å². The second kappa shape index (κ2) is 7.73. The van der Waals surface area contributed by atoms with E-state index in [1.807, 2.05) is 0 Å². The number of halogens is 1. The van der Waals surface area contributed by atoms with Gasteiger partial charge in [-0.1, -0.05) is 0 Å². The molecule has 2 rings (SSSR count). The molecule has 144 valence electrons. The molecule has 4 heteroatoms. The van der Waals surface area contributed by atoms with Gasteiger partial charge in [0.05, 0.1) is 0 Å². The normalized spacial score (nSPS) is 19.9.